The highest BCUT2D eigenvalue weighted by molar-refractivity contribution is 9.10. The van der Waals surface area contributed by atoms with Crippen molar-refractivity contribution in [2.75, 3.05) is 5.75 Å². The van der Waals surface area contributed by atoms with Crippen LogP contribution < -0.4 is 5.43 Å². The van der Waals surface area contributed by atoms with Crippen LogP contribution in [-0.4, -0.2) is 17.9 Å². The minimum absolute atomic E-state index is 0.129. The second-order valence-electron chi connectivity index (χ2n) is 4.82. The van der Waals surface area contributed by atoms with Crippen LogP contribution in [0.15, 0.2) is 44.3 Å². The lowest BCUT2D eigenvalue weighted by molar-refractivity contribution is -0.118. The number of carbonyl (C=O) groups is 1. The van der Waals surface area contributed by atoms with Crippen LogP contribution in [0.5, 0.6) is 0 Å². The number of hydrogen-bond acceptors (Lipinski definition) is 4. The van der Waals surface area contributed by atoms with Crippen LogP contribution in [-0.2, 0) is 10.5 Å². The second kappa shape index (κ2) is 8.19. The van der Waals surface area contributed by atoms with Crippen molar-refractivity contribution >= 4 is 39.8 Å². The molecule has 0 aliphatic rings. The molecule has 116 valence electrons. The van der Waals surface area contributed by atoms with Crippen molar-refractivity contribution in [2.45, 2.75) is 19.6 Å². The minimum atomic E-state index is -0.129. The summed E-state index contributed by atoms with van der Waals surface area (Å²) in [6.07, 6.45) is 1.49. The van der Waals surface area contributed by atoms with E-state index < -0.39 is 0 Å². The summed E-state index contributed by atoms with van der Waals surface area (Å²) < 4.78 is 6.28. The molecule has 0 spiro atoms. The van der Waals surface area contributed by atoms with Crippen molar-refractivity contribution in [1.29, 1.82) is 0 Å². The molecule has 0 unspecified atom stereocenters. The van der Waals surface area contributed by atoms with Crippen LogP contribution in [0.4, 0.5) is 0 Å². The number of carbonyl (C=O) groups excluding carboxylic acids is 1. The Kier molecular flexibility index (Phi) is 6.27. The number of amides is 1. The summed E-state index contributed by atoms with van der Waals surface area (Å²) in [7, 11) is 0. The van der Waals surface area contributed by atoms with E-state index in [9.17, 15) is 4.79 Å². The Balaban J connectivity index is 1.70. The van der Waals surface area contributed by atoms with E-state index in [1.54, 1.807) is 17.8 Å². The van der Waals surface area contributed by atoms with Crippen LogP contribution in [0.25, 0.3) is 0 Å². The molecule has 0 aliphatic carbocycles. The van der Waals surface area contributed by atoms with Crippen LogP contribution in [0.2, 0.25) is 0 Å². The molecule has 0 saturated carbocycles. The number of halogens is 1. The summed E-state index contributed by atoms with van der Waals surface area (Å²) in [4.78, 5) is 11.7. The van der Waals surface area contributed by atoms with E-state index in [0.717, 1.165) is 16.0 Å². The number of thioether (sulfide) groups is 1. The number of rotatable bonds is 6. The van der Waals surface area contributed by atoms with Gasteiger partial charge in [-0.2, -0.15) is 5.10 Å². The maximum atomic E-state index is 11.7. The van der Waals surface area contributed by atoms with Crippen molar-refractivity contribution < 1.29 is 9.21 Å². The summed E-state index contributed by atoms with van der Waals surface area (Å²) in [6, 6.07) is 10.1. The predicted octanol–water partition coefficient (Wildman–Crippen LogP) is 4.04. The van der Waals surface area contributed by atoms with Gasteiger partial charge in [-0.3, -0.25) is 4.79 Å². The van der Waals surface area contributed by atoms with E-state index in [0.29, 0.717) is 11.5 Å². The maximum Gasteiger partial charge on any atom is 0.250 e. The summed E-state index contributed by atoms with van der Waals surface area (Å²) in [6.45, 7) is 3.91. The van der Waals surface area contributed by atoms with E-state index in [1.807, 2.05) is 6.92 Å². The number of hydrogen-bond donors (Lipinski definition) is 1. The third-order valence-corrected chi connectivity index (χ3v) is 4.67. The van der Waals surface area contributed by atoms with Gasteiger partial charge in [0.2, 0.25) is 5.91 Å². The quantitative estimate of drug-likeness (QED) is 0.607. The smallest absolute Gasteiger partial charge is 0.250 e. The van der Waals surface area contributed by atoms with Crippen molar-refractivity contribution in [3.8, 4) is 0 Å². The lowest BCUT2D eigenvalue weighted by Gasteiger charge is -2.02. The van der Waals surface area contributed by atoms with Gasteiger partial charge in [-0.05, 0) is 35.3 Å². The summed E-state index contributed by atoms with van der Waals surface area (Å²) in [5, 5.41) is 3.88. The molecule has 22 heavy (non-hydrogen) atoms. The average Bonchev–Trinajstić information content (AvgIpc) is 2.80. The Morgan fingerprint density at radius 2 is 2.09 bits per heavy atom. The molecule has 0 saturated heterocycles. The highest BCUT2D eigenvalue weighted by atomic mass is 79.9. The molecule has 1 aromatic carbocycles. The number of nitrogens with one attached hydrogen (secondary N) is 1. The van der Waals surface area contributed by atoms with E-state index >= 15 is 0 Å². The van der Waals surface area contributed by atoms with Gasteiger partial charge in [-0.25, -0.2) is 5.43 Å². The number of aryl methyl sites for hydroxylation is 2. The fourth-order valence-corrected chi connectivity index (χ4v) is 2.78. The summed E-state index contributed by atoms with van der Waals surface area (Å²) in [5.41, 5.74) is 4.94. The molecular formula is C16H17BrN2O2S. The first kappa shape index (κ1) is 16.8. The molecule has 2 aromatic rings. The van der Waals surface area contributed by atoms with Gasteiger partial charge in [-0.1, -0.05) is 29.8 Å². The van der Waals surface area contributed by atoms with Gasteiger partial charge in [0.25, 0.3) is 0 Å². The Bertz CT molecular complexity index is 646. The van der Waals surface area contributed by atoms with Crippen LogP contribution in [0.1, 0.15) is 22.6 Å². The highest BCUT2D eigenvalue weighted by Crippen LogP contribution is 2.19. The molecule has 0 bridgehead atoms. The van der Waals surface area contributed by atoms with Gasteiger partial charge in [0.05, 0.1) is 16.4 Å². The molecular weight excluding hydrogens is 364 g/mol. The van der Waals surface area contributed by atoms with Crippen molar-refractivity contribution in [3.63, 3.8) is 0 Å². The lowest BCUT2D eigenvalue weighted by atomic mass is 10.2. The maximum absolute atomic E-state index is 11.7. The van der Waals surface area contributed by atoms with Crippen molar-refractivity contribution in [2.24, 2.45) is 5.10 Å². The van der Waals surface area contributed by atoms with E-state index in [1.165, 1.54) is 17.3 Å². The molecule has 4 nitrogen and oxygen atoms in total. The highest BCUT2D eigenvalue weighted by Gasteiger charge is 2.03. The lowest BCUT2D eigenvalue weighted by Crippen LogP contribution is -2.19. The molecule has 6 heteroatoms. The largest absolute Gasteiger partial charge is 0.459 e. The first-order valence-corrected chi connectivity index (χ1v) is 8.70. The monoisotopic (exact) mass is 380 g/mol. The van der Waals surface area contributed by atoms with Gasteiger partial charge < -0.3 is 4.42 Å². The molecule has 0 fully saturated rings. The van der Waals surface area contributed by atoms with Gasteiger partial charge in [0.15, 0.2) is 0 Å². The molecule has 1 amide bonds. The van der Waals surface area contributed by atoms with Gasteiger partial charge in [0, 0.05) is 11.8 Å². The predicted molar refractivity (Wildman–Crippen MR) is 94.2 cm³/mol. The fraction of sp³-hybridized carbons (Fsp3) is 0.250. The molecule has 0 atom stereocenters. The zero-order chi connectivity index (χ0) is 15.9. The van der Waals surface area contributed by atoms with E-state index in [2.05, 4.69) is 57.6 Å². The van der Waals surface area contributed by atoms with Gasteiger partial charge in [0.1, 0.15) is 11.5 Å². The Morgan fingerprint density at radius 3 is 2.73 bits per heavy atom. The number of nitrogens with zero attached hydrogens (tertiary/aromatic N) is 1. The fourth-order valence-electron chi connectivity index (χ4n) is 1.69. The standard InChI is InChI=1S/C16H17BrN2O2S/c1-11-3-5-13(6-4-11)9-22-10-16(20)19-18-8-14-7-15(17)12(2)21-14/h3-8H,9-10H2,1-2H3,(H,19,20)/b18-8-. The average molecular weight is 381 g/mol. The Morgan fingerprint density at radius 1 is 1.36 bits per heavy atom. The summed E-state index contributed by atoms with van der Waals surface area (Å²) in [5.74, 6) is 2.42. The zero-order valence-corrected chi connectivity index (χ0v) is 14.8. The number of hydrazone groups is 1. The Hall–Kier alpha value is -1.53. The SMILES string of the molecule is Cc1ccc(CSCC(=O)N/N=C\c2cc(Br)c(C)o2)cc1. The number of furan rings is 1. The third-order valence-electron chi connectivity index (χ3n) is 2.88. The molecule has 1 heterocycles. The van der Waals surface area contributed by atoms with E-state index in [-0.39, 0.29) is 5.91 Å². The van der Waals surface area contributed by atoms with Gasteiger partial charge in [-0.15, -0.1) is 11.8 Å². The van der Waals surface area contributed by atoms with Crippen molar-refractivity contribution in [1.82, 2.24) is 5.43 Å². The molecule has 1 N–H and O–H groups in total. The second-order valence-corrected chi connectivity index (χ2v) is 6.66. The normalized spacial score (nSPS) is 11.0. The molecule has 0 aliphatic heterocycles. The Labute approximate surface area is 142 Å². The zero-order valence-electron chi connectivity index (χ0n) is 12.4. The van der Waals surface area contributed by atoms with Gasteiger partial charge >= 0.3 is 0 Å². The number of benzene rings is 1. The summed E-state index contributed by atoms with van der Waals surface area (Å²) >= 11 is 4.91. The first-order chi connectivity index (χ1) is 10.5. The van der Waals surface area contributed by atoms with Crippen LogP contribution in [0.3, 0.4) is 0 Å². The van der Waals surface area contributed by atoms with Crippen molar-refractivity contribution in [3.05, 3.63) is 57.5 Å². The topological polar surface area (TPSA) is 54.6 Å². The van der Waals surface area contributed by atoms with Crippen LogP contribution >= 0.6 is 27.7 Å². The van der Waals surface area contributed by atoms with Crippen LogP contribution in [0, 0.1) is 13.8 Å². The van der Waals surface area contributed by atoms with E-state index in [4.69, 9.17) is 4.42 Å². The minimum Gasteiger partial charge on any atom is -0.459 e. The molecule has 1 aromatic heterocycles. The molecule has 0 radical (unpaired) electrons. The first-order valence-electron chi connectivity index (χ1n) is 6.76. The molecule has 2 rings (SSSR count). The third kappa shape index (κ3) is 5.35.